The number of rotatable bonds is 5. The Morgan fingerprint density at radius 2 is 1.96 bits per heavy atom. The van der Waals surface area contributed by atoms with Crippen LogP contribution in [0.1, 0.15) is 0 Å². The summed E-state index contributed by atoms with van der Waals surface area (Å²) in [7, 11) is -1.70. The lowest BCUT2D eigenvalue weighted by Gasteiger charge is -2.35. The summed E-state index contributed by atoms with van der Waals surface area (Å²) in [4.78, 5) is 13.7. The van der Waals surface area contributed by atoms with E-state index in [4.69, 9.17) is 4.98 Å². The molecular formula is C17H22N6O2S. The molecule has 0 unspecified atom stereocenters. The van der Waals surface area contributed by atoms with Gasteiger partial charge in [-0.05, 0) is 31.3 Å². The van der Waals surface area contributed by atoms with E-state index >= 15 is 0 Å². The van der Waals surface area contributed by atoms with Gasteiger partial charge in [0.05, 0.1) is 11.3 Å². The lowest BCUT2D eigenvalue weighted by molar-refractivity contribution is 0.271. The summed E-state index contributed by atoms with van der Waals surface area (Å²) in [5.41, 5.74) is 2.77. The third-order valence-electron chi connectivity index (χ3n) is 4.86. The van der Waals surface area contributed by atoms with Gasteiger partial charge in [-0.15, -0.1) is 0 Å². The van der Waals surface area contributed by atoms with Crippen LogP contribution in [0, 0.1) is 0 Å². The molecule has 26 heavy (non-hydrogen) atoms. The summed E-state index contributed by atoms with van der Waals surface area (Å²) in [6, 6.07) is 7.94. The number of anilines is 1. The first-order valence-electron chi connectivity index (χ1n) is 8.68. The minimum Gasteiger partial charge on any atom is -0.352 e. The van der Waals surface area contributed by atoms with Gasteiger partial charge in [-0.2, -0.15) is 0 Å². The molecule has 0 spiro atoms. The van der Waals surface area contributed by atoms with Gasteiger partial charge in [0.2, 0.25) is 10.0 Å². The predicted molar refractivity (Wildman–Crippen MR) is 102 cm³/mol. The number of sulfonamides is 1. The number of pyridine rings is 1. The van der Waals surface area contributed by atoms with E-state index in [0.717, 1.165) is 48.7 Å². The van der Waals surface area contributed by atoms with Gasteiger partial charge in [-0.25, -0.2) is 23.1 Å². The van der Waals surface area contributed by atoms with Crippen LogP contribution >= 0.6 is 0 Å². The second-order valence-corrected chi connectivity index (χ2v) is 8.44. The number of nitrogens with zero attached hydrogens (tertiary/aromatic N) is 5. The number of aromatic nitrogens is 3. The Balaban J connectivity index is 1.53. The van der Waals surface area contributed by atoms with E-state index in [1.54, 1.807) is 6.20 Å². The third-order valence-corrected chi connectivity index (χ3v) is 6.20. The predicted octanol–water partition coefficient (Wildman–Crippen LogP) is 0.554. The van der Waals surface area contributed by atoms with Crippen LogP contribution in [0.4, 0.5) is 5.82 Å². The van der Waals surface area contributed by atoms with Crippen LogP contribution in [0.3, 0.4) is 0 Å². The van der Waals surface area contributed by atoms with Gasteiger partial charge in [0.15, 0.2) is 11.5 Å². The Labute approximate surface area is 152 Å². The number of hydrogen-bond acceptors (Lipinski definition) is 6. The smallest absolute Gasteiger partial charge is 0.212 e. The highest BCUT2D eigenvalue weighted by Crippen LogP contribution is 2.25. The highest BCUT2D eigenvalue weighted by atomic mass is 32.2. The van der Waals surface area contributed by atoms with Crippen LogP contribution in [0.25, 0.3) is 16.7 Å². The maximum atomic E-state index is 11.6. The molecule has 0 radical (unpaired) electrons. The van der Waals surface area contributed by atoms with Crippen molar-refractivity contribution in [1.82, 2.24) is 24.0 Å². The van der Waals surface area contributed by atoms with E-state index < -0.39 is 10.0 Å². The second kappa shape index (κ2) is 6.82. The van der Waals surface area contributed by atoms with Crippen molar-refractivity contribution in [1.29, 1.82) is 0 Å². The SMILES string of the molecule is CNS(=O)(=O)CCN1CCN(c2nc3cccnc3n3cccc23)CC1. The normalized spacial score (nSPS) is 16.6. The Morgan fingerprint density at radius 3 is 2.73 bits per heavy atom. The fourth-order valence-corrected chi connectivity index (χ4v) is 4.05. The van der Waals surface area contributed by atoms with E-state index in [0.29, 0.717) is 6.54 Å². The van der Waals surface area contributed by atoms with Gasteiger partial charge in [0, 0.05) is 45.1 Å². The Kier molecular flexibility index (Phi) is 4.51. The molecule has 1 saturated heterocycles. The van der Waals surface area contributed by atoms with Crippen LogP contribution in [-0.4, -0.2) is 73.2 Å². The largest absolute Gasteiger partial charge is 0.352 e. The van der Waals surface area contributed by atoms with Crippen molar-refractivity contribution in [3.05, 3.63) is 36.7 Å². The molecule has 1 aliphatic heterocycles. The highest BCUT2D eigenvalue weighted by molar-refractivity contribution is 7.89. The summed E-state index contributed by atoms with van der Waals surface area (Å²) in [6.07, 6.45) is 3.79. The average Bonchev–Trinajstić information content (AvgIpc) is 3.16. The highest BCUT2D eigenvalue weighted by Gasteiger charge is 2.22. The van der Waals surface area contributed by atoms with Gasteiger partial charge in [0.1, 0.15) is 5.52 Å². The topological polar surface area (TPSA) is 82.8 Å². The molecule has 1 N–H and O–H groups in total. The molecule has 9 heteroatoms. The molecule has 138 valence electrons. The van der Waals surface area contributed by atoms with Crippen LogP contribution in [-0.2, 0) is 10.0 Å². The standard InChI is InChI=1S/C17H22N6O2S/c1-18-26(24,25)13-12-21-8-10-22(11-9-21)17-15-5-3-7-23(15)16-14(20-17)4-2-6-19-16/h2-7,18H,8-13H2,1H3. The van der Waals surface area contributed by atoms with E-state index in [9.17, 15) is 8.42 Å². The molecule has 3 aromatic heterocycles. The van der Waals surface area contributed by atoms with Crippen LogP contribution < -0.4 is 9.62 Å². The Morgan fingerprint density at radius 1 is 1.15 bits per heavy atom. The molecule has 0 saturated carbocycles. The number of fused-ring (bicyclic) bond motifs is 3. The van der Waals surface area contributed by atoms with Gasteiger partial charge >= 0.3 is 0 Å². The average molecular weight is 374 g/mol. The van der Waals surface area contributed by atoms with E-state index in [1.807, 2.05) is 24.4 Å². The fourth-order valence-electron chi connectivity index (χ4n) is 3.35. The lowest BCUT2D eigenvalue weighted by Crippen LogP contribution is -2.48. The molecule has 1 aliphatic rings. The quantitative estimate of drug-likeness (QED) is 0.702. The van der Waals surface area contributed by atoms with Crippen molar-refractivity contribution in [3.63, 3.8) is 0 Å². The van der Waals surface area contributed by atoms with E-state index in [1.165, 1.54) is 7.05 Å². The minimum absolute atomic E-state index is 0.131. The van der Waals surface area contributed by atoms with Crippen molar-refractivity contribution >= 4 is 32.5 Å². The summed E-state index contributed by atoms with van der Waals surface area (Å²) in [6.45, 7) is 3.82. The molecule has 0 amide bonds. The zero-order chi connectivity index (χ0) is 18.1. The van der Waals surface area contributed by atoms with Crippen LogP contribution in [0.5, 0.6) is 0 Å². The summed E-state index contributed by atoms with van der Waals surface area (Å²) >= 11 is 0. The zero-order valence-corrected chi connectivity index (χ0v) is 15.5. The molecule has 8 nitrogen and oxygen atoms in total. The van der Waals surface area contributed by atoms with Crippen molar-refractivity contribution in [2.75, 3.05) is 50.4 Å². The maximum absolute atomic E-state index is 11.6. The number of nitrogens with one attached hydrogen (secondary N) is 1. The molecule has 4 heterocycles. The molecular weight excluding hydrogens is 352 g/mol. The van der Waals surface area contributed by atoms with Gasteiger partial charge in [-0.1, -0.05) is 0 Å². The third kappa shape index (κ3) is 3.25. The molecule has 0 aliphatic carbocycles. The fraction of sp³-hybridized carbons (Fsp3) is 0.412. The van der Waals surface area contributed by atoms with Crippen LogP contribution in [0.2, 0.25) is 0 Å². The number of piperazine rings is 1. The maximum Gasteiger partial charge on any atom is 0.212 e. The lowest BCUT2D eigenvalue weighted by atomic mass is 10.3. The molecule has 3 aromatic rings. The summed E-state index contributed by atoms with van der Waals surface area (Å²) < 4.78 is 27.6. The Bertz CT molecular complexity index is 1020. The van der Waals surface area contributed by atoms with E-state index in [-0.39, 0.29) is 5.75 Å². The second-order valence-electron chi connectivity index (χ2n) is 6.40. The molecule has 1 fully saturated rings. The number of hydrogen-bond donors (Lipinski definition) is 1. The zero-order valence-electron chi connectivity index (χ0n) is 14.7. The molecule has 0 aromatic carbocycles. The molecule has 4 rings (SSSR count). The molecule has 0 atom stereocenters. The van der Waals surface area contributed by atoms with Crippen molar-refractivity contribution in [2.24, 2.45) is 0 Å². The first-order chi connectivity index (χ1) is 12.6. The molecule has 0 bridgehead atoms. The van der Waals surface area contributed by atoms with Crippen molar-refractivity contribution in [2.45, 2.75) is 0 Å². The van der Waals surface area contributed by atoms with Crippen LogP contribution in [0.15, 0.2) is 36.7 Å². The van der Waals surface area contributed by atoms with Crippen molar-refractivity contribution in [3.8, 4) is 0 Å². The first-order valence-corrected chi connectivity index (χ1v) is 10.3. The van der Waals surface area contributed by atoms with Crippen molar-refractivity contribution < 1.29 is 8.42 Å². The Hall–Kier alpha value is -2.23. The van der Waals surface area contributed by atoms with E-state index in [2.05, 4.69) is 30.0 Å². The van der Waals surface area contributed by atoms with Gasteiger partial charge in [-0.3, -0.25) is 9.30 Å². The van der Waals surface area contributed by atoms with Gasteiger partial charge in [0.25, 0.3) is 0 Å². The summed E-state index contributed by atoms with van der Waals surface area (Å²) in [5, 5.41) is 0. The van der Waals surface area contributed by atoms with Gasteiger partial charge < -0.3 is 4.90 Å². The minimum atomic E-state index is -3.16. The monoisotopic (exact) mass is 374 g/mol. The first kappa shape index (κ1) is 17.2. The summed E-state index contributed by atoms with van der Waals surface area (Å²) in [5.74, 6) is 1.09.